The number of Topliss-reactive ketones (excluding diaryl/α,β-unsaturated/α-hetero) is 1. The van der Waals surface area contributed by atoms with Gasteiger partial charge in [0.15, 0.2) is 5.78 Å². The lowest BCUT2D eigenvalue weighted by Gasteiger charge is -2.14. The van der Waals surface area contributed by atoms with E-state index in [-0.39, 0.29) is 30.4 Å². The van der Waals surface area contributed by atoms with Gasteiger partial charge in [-0.1, -0.05) is 116 Å². The predicted molar refractivity (Wildman–Crippen MR) is 257 cm³/mol. The maximum Gasteiger partial charge on any atom is 0.319 e. The average molecular weight is 882 g/mol. The van der Waals surface area contributed by atoms with Crippen molar-refractivity contribution in [3.05, 3.63) is 132 Å². The molecule has 0 radical (unpaired) electrons. The van der Waals surface area contributed by atoms with Crippen LogP contribution in [-0.2, 0) is 58.3 Å². The Hall–Kier alpha value is -6.44. The van der Waals surface area contributed by atoms with Crippen LogP contribution < -0.4 is 26.7 Å². The second kappa shape index (κ2) is 24.6. The summed E-state index contributed by atoms with van der Waals surface area (Å²) in [6, 6.07) is 31.8. The number of amides is 5. The quantitative estimate of drug-likeness (QED) is 0.0338. The van der Waals surface area contributed by atoms with Gasteiger partial charge in [0.25, 0.3) is 0 Å². The number of hydrogen-bond acceptors (Lipinski definition) is 6. The number of hydroxylamine groups is 1. The van der Waals surface area contributed by atoms with Crippen molar-refractivity contribution in [1.29, 1.82) is 0 Å². The van der Waals surface area contributed by atoms with E-state index in [2.05, 4.69) is 72.3 Å². The number of carbonyl (C=O) groups is 4. The molecule has 0 bridgehead atoms. The molecule has 0 atom stereocenters. The standard InChI is InChI=1S/C26H32N4O3.C26H31N3O3/c31-24(29-33-19-20-10-4-3-5-11-20)15-6-1-2-7-16-27-26(32)28-23-18-30-17-9-13-21-12-8-14-22(23)25(21)30;30-22(19-32-18-20-9-3-1-4-10-20)13-5-2-6-15-27-26(31)28-24-17-29-16-8-12-21-11-7-14-23(24)25(21)29/h3-5,8,10-12,14,18H,1-2,6-7,9,13,15-17,19H2,(H,29,31)(H2,27,28,32);1,3-4,7,9-11,14,17H,2,5-6,8,12-13,15-16,18-19H2,(H2,27,28,31). The number of carbonyl (C=O) groups excluding carboxylic acids is 4. The van der Waals surface area contributed by atoms with Crippen molar-refractivity contribution in [1.82, 2.24) is 25.2 Å². The minimum atomic E-state index is -0.181. The summed E-state index contributed by atoms with van der Waals surface area (Å²) in [5.74, 6) is 0.0227. The van der Waals surface area contributed by atoms with Crippen molar-refractivity contribution >= 4 is 56.9 Å². The summed E-state index contributed by atoms with van der Waals surface area (Å²) in [5, 5.41) is 14.1. The van der Waals surface area contributed by atoms with Gasteiger partial charge in [-0.25, -0.2) is 15.1 Å². The Kier molecular flexibility index (Phi) is 17.6. The second-order valence-electron chi connectivity index (χ2n) is 16.9. The number of ether oxygens (including phenoxy) is 1. The van der Waals surface area contributed by atoms with E-state index in [0.717, 1.165) is 117 Å². The zero-order valence-corrected chi connectivity index (χ0v) is 37.4. The molecule has 342 valence electrons. The lowest BCUT2D eigenvalue weighted by Crippen LogP contribution is -2.29. The summed E-state index contributed by atoms with van der Waals surface area (Å²) in [5.41, 5.74) is 11.5. The van der Waals surface area contributed by atoms with Crippen molar-refractivity contribution < 1.29 is 28.8 Å². The Morgan fingerprint density at radius 1 is 0.538 bits per heavy atom. The van der Waals surface area contributed by atoms with E-state index in [1.165, 1.54) is 22.2 Å². The van der Waals surface area contributed by atoms with Gasteiger partial charge in [0.2, 0.25) is 5.91 Å². The maximum atomic E-state index is 12.3. The Labute approximate surface area is 381 Å². The molecule has 0 spiro atoms. The van der Waals surface area contributed by atoms with Crippen LogP contribution >= 0.6 is 0 Å². The largest absolute Gasteiger partial charge is 0.369 e. The van der Waals surface area contributed by atoms with Crippen LogP contribution in [0.5, 0.6) is 0 Å². The number of unbranched alkanes of at least 4 members (excludes halogenated alkanes) is 5. The van der Waals surface area contributed by atoms with Gasteiger partial charge in [0.1, 0.15) is 6.61 Å². The van der Waals surface area contributed by atoms with Crippen LogP contribution in [0.1, 0.15) is 92.9 Å². The van der Waals surface area contributed by atoms with Gasteiger partial charge in [0, 0.05) is 62.2 Å². The van der Waals surface area contributed by atoms with Gasteiger partial charge in [-0.3, -0.25) is 14.4 Å². The van der Waals surface area contributed by atoms with E-state index >= 15 is 0 Å². The van der Waals surface area contributed by atoms with Crippen LogP contribution in [-0.4, -0.2) is 52.6 Å². The van der Waals surface area contributed by atoms with Gasteiger partial charge in [0.05, 0.1) is 35.6 Å². The van der Waals surface area contributed by atoms with E-state index in [9.17, 15) is 19.2 Å². The summed E-state index contributed by atoms with van der Waals surface area (Å²) < 4.78 is 9.97. The molecule has 0 unspecified atom stereocenters. The lowest BCUT2D eigenvalue weighted by molar-refractivity contribution is -0.134. The number of hydrogen-bond donors (Lipinski definition) is 5. The van der Waals surface area contributed by atoms with Crippen LogP contribution in [0, 0.1) is 0 Å². The van der Waals surface area contributed by atoms with Crippen molar-refractivity contribution in [2.45, 2.75) is 110 Å². The number of para-hydroxylation sites is 2. The summed E-state index contributed by atoms with van der Waals surface area (Å²) in [6.45, 7) is 4.18. The lowest BCUT2D eigenvalue weighted by atomic mass is 10.0. The van der Waals surface area contributed by atoms with Crippen molar-refractivity contribution in [2.75, 3.05) is 30.3 Å². The summed E-state index contributed by atoms with van der Waals surface area (Å²) in [6.07, 6.45) is 15.6. The number of anilines is 2. The molecule has 5 amide bonds. The molecule has 5 N–H and O–H groups in total. The first-order valence-corrected chi connectivity index (χ1v) is 23.3. The van der Waals surface area contributed by atoms with E-state index in [0.29, 0.717) is 39.1 Å². The number of nitrogens with one attached hydrogen (secondary N) is 5. The molecule has 4 aromatic carbocycles. The van der Waals surface area contributed by atoms with Crippen molar-refractivity contribution in [3.63, 3.8) is 0 Å². The minimum Gasteiger partial charge on any atom is -0.369 e. The molecule has 0 saturated carbocycles. The number of benzene rings is 4. The van der Waals surface area contributed by atoms with E-state index in [1.807, 2.05) is 73.1 Å². The Balaban J connectivity index is 0.000000194. The molecule has 65 heavy (non-hydrogen) atoms. The fourth-order valence-electron chi connectivity index (χ4n) is 8.59. The molecule has 6 aromatic rings. The molecule has 13 heteroatoms. The number of aryl methyl sites for hydroxylation is 4. The smallest absolute Gasteiger partial charge is 0.319 e. The first-order chi connectivity index (χ1) is 31.9. The summed E-state index contributed by atoms with van der Waals surface area (Å²) in [7, 11) is 0. The number of ketones is 1. The Morgan fingerprint density at radius 2 is 1.05 bits per heavy atom. The molecule has 2 aliphatic heterocycles. The van der Waals surface area contributed by atoms with Crippen LogP contribution in [0.25, 0.3) is 21.8 Å². The van der Waals surface area contributed by atoms with E-state index in [4.69, 9.17) is 9.57 Å². The van der Waals surface area contributed by atoms with Crippen LogP contribution in [0.15, 0.2) is 109 Å². The SMILES string of the molecule is O=C(CCCCCCNC(=O)Nc1cn2c3c(cccc13)CCC2)NOCc1ccccc1.O=C(CCCCCNC(=O)Nc1cn2c3c(cccc13)CCC2)COCc1ccccc1. The minimum absolute atomic E-state index is 0.102. The van der Waals surface area contributed by atoms with Crippen molar-refractivity contribution in [3.8, 4) is 0 Å². The molecule has 2 aliphatic rings. The highest BCUT2D eigenvalue weighted by Gasteiger charge is 2.18. The monoisotopic (exact) mass is 881 g/mol. The highest BCUT2D eigenvalue weighted by atomic mass is 16.6. The van der Waals surface area contributed by atoms with Gasteiger partial charge < -0.3 is 35.1 Å². The molecule has 4 heterocycles. The molecule has 13 nitrogen and oxygen atoms in total. The zero-order valence-electron chi connectivity index (χ0n) is 37.4. The molecule has 0 fully saturated rings. The molecule has 0 saturated heterocycles. The number of urea groups is 2. The highest BCUT2D eigenvalue weighted by Crippen LogP contribution is 2.33. The van der Waals surface area contributed by atoms with E-state index < -0.39 is 0 Å². The van der Waals surface area contributed by atoms with Gasteiger partial charge in [-0.15, -0.1) is 0 Å². The topological polar surface area (TPSA) is 157 Å². The third-order valence-corrected chi connectivity index (χ3v) is 11.8. The molecule has 8 rings (SSSR count). The fourth-order valence-corrected chi connectivity index (χ4v) is 8.59. The maximum absolute atomic E-state index is 12.3. The van der Waals surface area contributed by atoms with Crippen LogP contribution in [0.2, 0.25) is 0 Å². The van der Waals surface area contributed by atoms with Crippen molar-refractivity contribution in [2.24, 2.45) is 0 Å². The highest BCUT2D eigenvalue weighted by molar-refractivity contribution is 6.03. The zero-order chi connectivity index (χ0) is 45.1. The third kappa shape index (κ3) is 14.0. The van der Waals surface area contributed by atoms with Crippen LogP contribution in [0.4, 0.5) is 21.0 Å². The first kappa shape index (κ1) is 46.5. The molecule has 2 aromatic heterocycles. The Bertz CT molecular complexity index is 2480. The number of aromatic nitrogens is 2. The molecule has 0 aliphatic carbocycles. The Morgan fingerprint density at radius 3 is 1.62 bits per heavy atom. The number of rotatable bonds is 22. The molecular weight excluding hydrogens is 819 g/mol. The average Bonchev–Trinajstić information content (AvgIpc) is 3.87. The third-order valence-electron chi connectivity index (χ3n) is 11.8. The van der Waals surface area contributed by atoms with Gasteiger partial charge in [-0.2, -0.15) is 0 Å². The van der Waals surface area contributed by atoms with Crippen LogP contribution in [0.3, 0.4) is 0 Å². The summed E-state index contributed by atoms with van der Waals surface area (Å²) in [4.78, 5) is 53.7. The van der Waals surface area contributed by atoms with Gasteiger partial charge >= 0.3 is 12.1 Å². The van der Waals surface area contributed by atoms with Gasteiger partial charge in [-0.05, 0) is 73.6 Å². The normalized spacial score (nSPS) is 12.6. The first-order valence-electron chi connectivity index (χ1n) is 23.3. The predicted octanol–water partition coefficient (Wildman–Crippen LogP) is 9.96. The number of nitrogens with zero attached hydrogens (tertiary/aromatic N) is 2. The second-order valence-corrected chi connectivity index (χ2v) is 16.9. The van der Waals surface area contributed by atoms with E-state index in [1.54, 1.807) is 0 Å². The summed E-state index contributed by atoms with van der Waals surface area (Å²) >= 11 is 0. The molecular formula is C52H63N7O6. The fraction of sp³-hybridized carbons (Fsp3) is 0.385.